The van der Waals surface area contributed by atoms with Crippen LogP contribution in [0.25, 0.3) is 16.6 Å². The molecule has 0 bridgehead atoms. The maximum atomic E-state index is 10.8. The average molecular weight is 260 g/mol. The Kier molecular flexibility index (Phi) is 3.66. The molecule has 0 aliphatic heterocycles. The minimum atomic E-state index is -0.982. The third-order valence-corrected chi connectivity index (χ3v) is 3.07. The van der Waals surface area contributed by atoms with Gasteiger partial charge in [0, 0.05) is 20.2 Å². The van der Waals surface area contributed by atoms with Crippen LogP contribution in [0.5, 0.6) is 0 Å². The Hall–Kier alpha value is -2.14. The Morgan fingerprint density at radius 1 is 1.53 bits per heavy atom. The van der Waals surface area contributed by atoms with Crippen LogP contribution in [-0.2, 0) is 16.6 Å². The van der Waals surface area contributed by atoms with Gasteiger partial charge in [-0.25, -0.2) is 9.78 Å². The molecule has 2 aromatic rings. The summed E-state index contributed by atoms with van der Waals surface area (Å²) in [5, 5.41) is 8.88. The van der Waals surface area contributed by atoms with Crippen molar-refractivity contribution < 1.29 is 14.6 Å². The largest absolute Gasteiger partial charge is 0.478 e. The van der Waals surface area contributed by atoms with Crippen molar-refractivity contribution in [2.24, 2.45) is 7.05 Å². The highest BCUT2D eigenvalue weighted by molar-refractivity contribution is 5.92. The maximum absolute atomic E-state index is 10.8. The second-order valence-corrected chi connectivity index (χ2v) is 4.36. The highest BCUT2D eigenvalue weighted by Crippen LogP contribution is 2.21. The van der Waals surface area contributed by atoms with Crippen molar-refractivity contribution in [3.05, 3.63) is 35.7 Å². The molecule has 5 nitrogen and oxygen atoms in total. The number of fused-ring (bicyclic) bond motifs is 1. The zero-order chi connectivity index (χ0) is 14.0. The molecule has 0 radical (unpaired) electrons. The molecular formula is C14H16N2O3. The third-order valence-electron chi connectivity index (χ3n) is 3.07. The van der Waals surface area contributed by atoms with E-state index in [0.717, 1.165) is 22.4 Å². The second kappa shape index (κ2) is 5.24. The van der Waals surface area contributed by atoms with Gasteiger partial charge in [-0.15, -0.1) is 0 Å². The molecule has 0 spiro atoms. The molecule has 0 atom stereocenters. The predicted molar refractivity (Wildman–Crippen MR) is 72.9 cm³/mol. The van der Waals surface area contributed by atoms with E-state index in [9.17, 15) is 4.79 Å². The molecule has 0 amide bonds. The van der Waals surface area contributed by atoms with Crippen molar-refractivity contribution in [1.82, 2.24) is 9.55 Å². The Labute approximate surface area is 111 Å². The molecule has 2 rings (SSSR count). The Morgan fingerprint density at radius 2 is 2.26 bits per heavy atom. The molecule has 0 aliphatic rings. The summed E-state index contributed by atoms with van der Waals surface area (Å²) in [5.41, 5.74) is 3.31. The minimum Gasteiger partial charge on any atom is -0.478 e. The van der Waals surface area contributed by atoms with Crippen LogP contribution < -0.4 is 0 Å². The first-order valence-corrected chi connectivity index (χ1v) is 5.89. The number of hydrogen-bond acceptors (Lipinski definition) is 3. The summed E-state index contributed by atoms with van der Waals surface area (Å²) in [4.78, 5) is 15.3. The summed E-state index contributed by atoms with van der Waals surface area (Å²) in [6, 6.07) is 5.71. The van der Waals surface area contributed by atoms with E-state index in [1.807, 2.05) is 36.7 Å². The van der Waals surface area contributed by atoms with Gasteiger partial charge < -0.3 is 14.4 Å². The number of nitrogens with zero attached hydrogens (tertiary/aromatic N) is 2. The van der Waals surface area contributed by atoms with Crippen LogP contribution in [0.2, 0.25) is 0 Å². The van der Waals surface area contributed by atoms with Crippen LogP contribution in [0.4, 0.5) is 0 Å². The minimum absolute atomic E-state index is 0.254. The van der Waals surface area contributed by atoms with Gasteiger partial charge in [0.25, 0.3) is 0 Å². The van der Waals surface area contributed by atoms with Crippen molar-refractivity contribution in [2.75, 3.05) is 13.7 Å². The SMILES string of the molecule is COC/C(=C\C(=O)O)c1ccc2c(c1)nc(C)n2C. The fourth-order valence-corrected chi connectivity index (χ4v) is 2.03. The smallest absolute Gasteiger partial charge is 0.328 e. The van der Waals surface area contributed by atoms with E-state index in [4.69, 9.17) is 9.84 Å². The zero-order valence-corrected chi connectivity index (χ0v) is 11.2. The topological polar surface area (TPSA) is 64.3 Å². The standard InChI is InChI=1S/C14H16N2O3/c1-9-15-12-6-10(4-5-13(12)16(9)2)11(8-19-3)7-14(17)18/h4-7H,8H2,1-3H3,(H,17,18)/b11-7+. The molecule has 1 heterocycles. The quantitative estimate of drug-likeness (QED) is 0.854. The molecule has 0 fully saturated rings. The molecule has 100 valence electrons. The second-order valence-electron chi connectivity index (χ2n) is 4.36. The summed E-state index contributed by atoms with van der Waals surface area (Å²) in [6.45, 7) is 2.19. The summed E-state index contributed by atoms with van der Waals surface area (Å²) in [7, 11) is 3.49. The van der Waals surface area contributed by atoms with Crippen LogP contribution in [0.3, 0.4) is 0 Å². The van der Waals surface area contributed by atoms with Crippen molar-refractivity contribution in [3.8, 4) is 0 Å². The van der Waals surface area contributed by atoms with Gasteiger partial charge in [-0.05, 0) is 30.2 Å². The number of aromatic nitrogens is 2. The first-order valence-electron chi connectivity index (χ1n) is 5.89. The first kappa shape index (κ1) is 13.3. The lowest BCUT2D eigenvalue weighted by Gasteiger charge is -2.06. The molecule has 5 heteroatoms. The number of benzene rings is 1. The molecule has 0 unspecified atom stereocenters. The average Bonchev–Trinajstić information content (AvgIpc) is 2.63. The normalized spacial score (nSPS) is 12.1. The first-order chi connectivity index (χ1) is 9.02. The van der Waals surface area contributed by atoms with Gasteiger partial charge in [-0.3, -0.25) is 0 Å². The lowest BCUT2D eigenvalue weighted by atomic mass is 10.1. The monoisotopic (exact) mass is 260 g/mol. The number of imidazole rings is 1. The van der Waals surface area contributed by atoms with Gasteiger partial charge in [-0.1, -0.05) is 6.07 Å². The summed E-state index contributed by atoms with van der Waals surface area (Å²) in [6.07, 6.45) is 1.17. The highest BCUT2D eigenvalue weighted by atomic mass is 16.5. The summed E-state index contributed by atoms with van der Waals surface area (Å²) >= 11 is 0. The Morgan fingerprint density at radius 3 is 2.89 bits per heavy atom. The van der Waals surface area contributed by atoms with Gasteiger partial charge in [0.05, 0.1) is 17.6 Å². The van der Waals surface area contributed by atoms with E-state index in [0.29, 0.717) is 5.57 Å². The molecule has 1 aromatic heterocycles. The fraction of sp³-hybridized carbons (Fsp3) is 0.286. The maximum Gasteiger partial charge on any atom is 0.328 e. The van der Waals surface area contributed by atoms with Gasteiger partial charge in [0.1, 0.15) is 5.82 Å². The lowest BCUT2D eigenvalue weighted by Crippen LogP contribution is -1.99. The van der Waals surface area contributed by atoms with Crippen LogP contribution in [0.15, 0.2) is 24.3 Å². The lowest BCUT2D eigenvalue weighted by molar-refractivity contribution is -0.131. The highest BCUT2D eigenvalue weighted by Gasteiger charge is 2.09. The van der Waals surface area contributed by atoms with Gasteiger partial charge in [0.15, 0.2) is 0 Å². The number of carbonyl (C=O) groups is 1. The Balaban J connectivity index is 2.52. The van der Waals surface area contributed by atoms with E-state index in [1.54, 1.807) is 7.11 Å². The summed E-state index contributed by atoms with van der Waals surface area (Å²) < 4.78 is 7.04. The van der Waals surface area contributed by atoms with Crippen molar-refractivity contribution in [1.29, 1.82) is 0 Å². The van der Waals surface area contributed by atoms with Gasteiger partial charge >= 0.3 is 5.97 Å². The fourth-order valence-electron chi connectivity index (χ4n) is 2.03. The molecule has 1 aromatic carbocycles. The molecule has 19 heavy (non-hydrogen) atoms. The van der Waals surface area contributed by atoms with Crippen molar-refractivity contribution in [2.45, 2.75) is 6.92 Å². The number of ether oxygens (including phenoxy) is 1. The molecule has 0 saturated carbocycles. The summed E-state index contributed by atoms with van der Waals surface area (Å²) in [5.74, 6) is -0.0630. The Bertz CT molecular complexity index is 656. The van der Waals surface area contributed by atoms with Crippen molar-refractivity contribution >= 4 is 22.6 Å². The predicted octanol–water partition coefficient (Wildman–Crippen LogP) is 2.00. The van der Waals surface area contributed by atoms with Crippen molar-refractivity contribution in [3.63, 3.8) is 0 Å². The van der Waals surface area contributed by atoms with Crippen LogP contribution >= 0.6 is 0 Å². The van der Waals surface area contributed by atoms with E-state index in [-0.39, 0.29) is 6.61 Å². The van der Waals surface area contributed by atoms with Gasteiger partial charge in [-0.2, -0.15) is 0 Å². The molecular weight excluding hydrogens is 244 g/mol. The van der Waals surface area contributed by atoms with E-state index < -0.39 is 5.97 Å². The number of methoxy groups -OCH3 is 1. The number of aliphatic carboxylic acids is 1. The van der Waals surface area contributed by atoms with E-state index in [2.05, 4.69) is 4.98 Å². The number of aryl methyl sites for hydroxylation is 2. The van der Waals surface area contributed by atoms with Crippen LogP contribution in [-0.4, -0.2) is 34.3 Å². The van der Waals surface area contributed by atoms with Gasteiger partial charge in [0.2, 0.25) is 0 Å². The third kappa shape index (κ3) is 2.66. The zero-order valence-electron chi connectivity index (χ0n) is 11.2. The number of carboxylic acids is 1. The molecule has 0 saturated heterocycles. The van der Waals surface area contributed by atoms with E-state index in [1.165, 1.54) is 6.08 Å². The van der Waals surface area contributed by atoms with Crippen LogP contribution in [0, 0.1) is 6.92 Å². The van der Waals surface area contributed by atoms with E-state index >= 15 is 0 Å². The number of hydrogen-bond donors (Lipinski definition) is 1. The molecule has 0 aliphatic carbocycles. The molecule has 1 N–H and O–H groups in total. The number of carboxylic acid groups (broad SMARTS) is 1. The van der Waals surface area contributed by atoms with Crippen LogP contribution in [0.1, 0.15) is 11.4 Å². The number of rotatable bonds is 4.